The zero-order valence-electron chi connectivity index (χ0n) is 11.4. The van der Waals surface area contributed by atoms with E-state index in [2.05, 4.69) is 26.0 Å². The lowest BCUT2D eigenvalue weighted by Gasteiger charge is -2.16. The maximum atomic E-state index is 11.2. The molecule has 21 heavy (non-hydrogen) atoms. The van der Waals surface area contributed by atoms with Crippen LogP contribution in [0.2, 0.25) is 5.02 Å². The van der Waals surface area contributed by atoms with E-state index in [0.717, 1.165) is 16.4 Å². The van der Waals surface area contributed by atoms with Crippen molar-refractivity contribution in [1.29, 1.82) is 0 Å². The molecule has 8 heteroatoms. The number of hydrogen-bond acceptors (Lipinski definition) is 4. The van der Waals surface area contributed by atoms with E-state index in [0.29, 0.717) is 10.7 Å². The van der Waals surface area contributed by atoms with Gasteiger partial charge in [-0.05, 0) is 52.5 Å². The van der Waals surface area contributed by atoms with Crippen LogP contribution in [0.4, 0.5) is 11.4 Å². The summed E-state index contributed by atoms with van der Waals surface area (Å²) in [4.78, 5) is 1.18. The average Bonchev–Trinajstić information content (AvgIpc) is 2.77. The van der Waals surface area contributed by atoms with Crippen molar-refractivity contribution >= 4 is 60.3 Å². The summed E-state index contributed by atoms with van der Waals surface area (Å²) in [6.45, 7) is 2.05. The molecule has 0 aliphatic heterocycles. The van der Waals surface area contributed by atoms with Crippen LogP contribution in [0.3, 0.4) is 0 Å². The normalized spacial score (nSPS) is 13.0. The van der Waals surface area contributed by atoms with E-state index in [1.54, 1.807) is 29.5 Å². The predicted octanol–water partition coefficient (Wildman–Crippen LogP) is 4.71. The Bertz CT molecular complexity index is 746. The summed E-state index contributed by atoms with van der Waals surface area (Å²) in [6.07, 6.45) is 1.09. The highest BCUT2D eigenvalue weighted by atomic mass is 79.9. The quantitative estimate of drug-likeness (QED) is 0.752. The van der Waals surface area contributed by atoms with Gasteiger partial charge in [0.1, 0.15) is 0 Å². The first-order valence-electron chi connectivity index (χ1n) is 6.03. The molecular formula is C13H14BrClN2O2S2. The Hall–Kier alpha value is -0.760. The van der Waals surface area contributed by atoms with Gasteiger partial charge in [-0.15, -0.1) is 11.3 Å². The molecule has 1 unspecified atom stereocenters. The van der Waals surface area contributed by atoms with Crippen LogP contribution in [0.1, 0.15) is 17.8 Å². The van der Waals surface area contributed by atoms with E-state index in [1.165, 1.54) is 4.88 Å². The summed E-state index contributed by atoms with van der Waals surface area (Å²) in [6, 6.07) is 7.25. The third-order valence-electron chi connectivity index (χ3n) is 2.69. The van der Waals surface area contributed by atoms with Gasteiger partial charge in [0.15, 0.2) is 0 Å². The lowest BCUT2D eigenvalue weighted by Crippen LogP contribution is -2.10. The number of anilines is 2. The van der Waals surface area contributed by atoms with Crippen molar-refractivity contribution in [3.63, 3.8) is 0 Å². The Kier molecular flexibility index (Phi) is 5.19. The highest BCUT2D eigenvalue weighted by Gasteiger charge is 2.12. The van der Waals surface area contributed by atoms with Gasteiger partial charge in [-0.1, -0.05) is 11.6 Å². The van der Waals surface area contributed by atoms with E-state index < -0.39 is 10.0 Å². The van der Waals surface area contributed by atoms with Crippen molar-refractivity contribution in [3.8, 4) is 0 Å². The van der Waals surface area contributed by atoms with E-state index in [9.17, 15) is 8.42 Å². The van der Waals surface area contributed by atoms with Gasteiger partial charge in [0, 0.05) is 15.0 Å². The molecule has 1 atom stereocenters. The fraction of sp³-hybridized carbons (Fsp3) is 0.231. The third-order valence-corrected chi connectivity index (χ3v) is 5.64. The second-order valence-corrected chi connectivity index (χ2v) is 8.53. The lowest BCUT2D eigenvalue weighted by molar-refractivity contribution is 0.607. The number of thiophene rings is 1. The second-order valence-electron chi connectivity index (χ2n) is 4.57. The van der Waals surface area contributed by atoms with Crippen LogP contribution < -0.4 is 10.0 Å². The van der Waals surface area contributed by atoms with Gasteiger partial charge in [0.2, 0.25) is 10.0 Å². The van der Waals surface area contributed by atoms with Crippen LogP contribution in [-0.4, -0.2) is 14.7 Å². The fourth-order valence-electron chi connectivity index (χ4n) is 1.82. The molecule has 0 saturated heterocycles. The Balaban J connectivity index is 2.15. The molecule has 0 aliphatic rings. The molecule has 0 radical (unpaired) electrons. The van der Waals surface area contributed by atoms with Gasteiger partial charge in [0.25, 0.3) is 0 Å². The first-order valence-corrected chi connectivity index (χ1v) is 9.97. The second kappa shape index (κ2) is 6.56. The minimum absolute atomic E-state index is 0.115. The van der Waals surface area contributed by atoms with Crippen LogP contribution in [-0.2, 0) is 10.0 Å². The molecule has 0 aliphatic carbocycles. The van der Waals surface area contributed by atoms with Crippen molar-refractivity contribution in [2.24, 2.45) is 0 Å². The van der Waals surface area contributed by atoms with Crippen LogP contribution in [0.5, 0.6) is 0 Å². The summed E-state index contributed by atoms with van der Waals surface area (Å²) in [5.74, 6) is 0. The molecule has 2 rings (SSSR count). The summed E-state index contributed by atoms with van der Waals surface area (Å²) >= 11 is 11.3. The van der Waals surface area contributed by atoms with Crippen LogP contribution in [0.25, 0.3) is 0 Å². The van der Waals surface area contributed by atoms with Crippen molar-refractivity contribution in [1.82, 2.24) is 0 Å². The van der Waals surface area contributed by atoms with Crippen LogP contribution >= 0.6 is 38.9 Å². The minimum Gasteiger partial charge on any atom is -0.378 e. The third kappa shape index (κ3) is 4.60. The summed E-state index contributed by atoms with van der Waals surface area (Å²) in [5.41, 5.74) is 1.20. The summed E-state index contributed by atoms with van der Waals surface area (Å²) in [5, 5.41) is 5.70. The molecule has 1 aromatic heterocycles. The van der Waals surface area contributed by atoms with E-state index in [4.69, 9.17) is 11.6 Å². The summed E-state index contributed by atoms with van der Waals surface area (Å²) < 4.78 is 25.9. The zero-order valence-corrected chi connectivity index (χ0v) is 15.3. The maximum absolute atomic E-state index is 11.2. The van der Waals surface area contributed by atoms with Crippen molar-refractivity contribution in [2.45, 2.75) is 13.0 Å². The average molecular weight is 410 g/mol. The molecule has 0 fully saturated rings. The van der Waals surface area contributed by atoms with Gasteiger partial charge < -0.3 is 5.32 Å². The van der Waals surface area contributed by atoms with Crippen molar-refractivity contribution < 1.29 is 8.42 Å². The maximum Gasteiger partial charge on any atom is 0.229 e. The first kappa shape index (κ1) is 16.6. The van der Waals surface area contributed by atoms with E-state index >= 15 is 0 Å². The van der Waals surface area contributed by atoms with Crippen molar-refractivity contribution in [2.75, 3.05) is 16.3 Å². The highest BCUT2D eigenvalue weighted by Crippen LogP contribution is 2.33. The Morgan fingerprint density at radius 1 is 1.33 bits per heavy atom. The van der Waals surface area contributed by atoms with Crippen LogP contribution in [0.15, 0.2) is 34.1 Å². The molecule has 0 spiro atoms. The standard InChI is InChI=1S/C13H14BrClN2O2S2/c1-8(13-10(14)5-6-20-13)16-9-3-4-12(11(15)7-9)17-21(2,18)19/h3-8,16-17H,1-2H3. The molecule has 1 aromatic carbocycles. The van der Waals surface area contributed by atoms with Gasteiger partial charge in [-0.3, -0.25) is 4.72 Å². The van der Waals surface area contributed by atoms with Gasteiger partial charge in [-0.25, -0.2) is 8.42 Å². The van der Waals surface area contributed by atoms with Crippen molar-refractivity contribution in [3.05, 3.63) is 44.0 Å². The number of benzene rings is 1. The SMILES string of the molecule is CC(Nc1ccc(NS(C)(=O)=O)c(Cl)c1)c1sccc1Br. The molecule has 0 amide bonds. The minimum atomic E-state index is -3.34. The molecule has 0 saturated carbocycles. The number of hydrogen-bond donors (Lipinski definition) is 2. The monoisotopic (exact) mass is 408 g/mol. The number of rotatable bonds is 5. The topological polar surface area (TPSA) is 58.2 Å². The van der Waals surface area contributed by atoms with E-state index in [1.807, 2.05) is 18.4 Å². The number of nitrogens with one attached hydrogen (secondary N) is 2. The highest BCUT2D eigenvalue weighted by molar-refractivity contribution is 9.10. The Morgan fingerprint density at radius 2 is 2.05 bits per heavy atom. The number of halogens is 2. The summed E-state index contributed by atoms with van der Waals surface area (Å²) in [7, 11) is -3.34. The number of sulfonamides is 1. The molecule has 0 bridgehead atoms. The zero-order chi connectivity index (χ0) is 15.6. The smallest absolute Gasteiger partial charge is 0.229 e. The molecule has 114 valence electrons. The Labute approximate surface area is 141 Å². The molecule has 2 N–H and O–H groups in total. The molecule has 4 nitrogen and oxygen atoms in total. The van der Waals surface area contributed by atoms with Gasteiger partial charge in [-0.2, -0.15) is 0 Å². The predicted molar refractivity (Wildman–Crippen MR) is 94.0 cm³/mol. The fourth-order valence-corrected chi connectivity index (χ4v) is 4.40. The van der Waals surface area contributed by atoms with Crippen LogP contribution in [0, 0.1) is 0 Å². The molecular weight excluding hydrogens is 396 g/mol. The Morgan fingerprint density at radius 3 is 2.57 bits per heavy atom. The van der Waals surface area contributed by atoms with Gasteiger partial charge in [0.05, 0.1) is 23.0 Å². The lowest BCUT2D eigenvalue weighted by atomic mass is 10.2. The largest absolute Gasteiger partial charge is 0.378 e. The van der Waals surface area contributed by atoms with E-state index in [-0.39, 0.29) is 6.04 Å². The van der Waals surface area contributed by atoms with Gasteiger partial charge >= 0.3 is 0 Å². The molecule has 2 aromatic rings. The first-order chi connectivity index (χ1) is 9.76. The molecule has 1 heterocycles.